The van der Waals surface area contributed by atoms with Crippen LogP contribution in [-0.2, 0) is 14.4 Å². The summed E-state index contributed by atoms with van der Waals surface area (Å²) in [5.41, 5.74) is -0.212. The van der Waals surface area contributed by atoms with Gasteiger partial charge in [-0.15, -0.1) is 0 Å². The van der Waals surface area contributed by atoms with Crippen molar-refractivity contribution in [1.82, 2.24) is 0 Å². The van der Waals surface area contributed by atoms with E-state index in [1.165, 1.54) is 12.1 Å². The zero-order valence-corrected chi connectivity index (χ0v) is 18.2. The van der Waals surface area contributed by atoms with Crippen LogP contribution in [-0.4, -0.2) is 33.2 Å². The number of benzene rings is 2. The van der Waals surface area contributed by atoms with Gasteiger partial charge in [-0.05, 0) is 39.0 Å². The second-order valence-electron chi connectivity index (χ2n) is 7.73. The van der Waals surface area contributed by atoms with Gasteiger partial charge >= 0.3 is 17.9 Å². The first-order chi connectivity index (χ1) is 17.3. The highest BCUT2D eigenvalue weighted by Gasteiger charge is 2.39. The number of hydrogen-bond donors (Lipinski definition) is 3. The maximum Gasteiger partial charge on any atom is 0.347 e. The maximum atomic E-state index is 12.1. The second-order valence-corrected chi connectivity index (χ2v) is 7.73. The summed E-state index contributed by atoms with van der Waals surface area (Å²) in [6.45, 7) is 0. The van der Waals surface area contributed by atoms with Gasteiger partial charge in [0.15, 0.2) is 0 Å². The van der Waals surface area contributed by atoms with Crippen LogP contribution in [0.25, 0.3) is 22.3 Å². The lowest BCUT2D eigenvalue weighted by Gasteiger charge is -2.12. The lowest BCUT2D eigenvalue weighted by atomic mass is 9.89. The van der Waals surface area contributed by atoms with Gasteiger partial charge in [-0.2, -0.15) is 15.8 Å². The molecule has 4 rings (SSSR count). The molecule has 0 spiro atoms. The minimum atomic E-state index is -1.55. The van der Waals surface area contributed by atoms with Gasteiger partial charge in [0, 0.05) is 17.6 Å². The monoisotopic (exact) mass is 475 g/mol. The van der Waals surface area contributed by atoms with Gasteiger partial charge in [0.2, 0.25) is 0 Å². The fourth-order valence-electron chi connectivity index (χ4n) is 4.62. The molecule has 2 aromatic rings. The first-order valence-corrected chi connectivity index (χ1v) is 10.3. The standard InChI is InChI=1S/C27H13N3O6/c28-10-19(25(31)32)17-9-18(14-6-2-1-5-13(14)17)24-22(20(11-29)26(33)34)15-7-3-4-8-16(15)23(24)21(12-30)27(35)36/h1-8H,9H2,(H,31,32)(H,33,34)(H,35,36)/b19-17+,22-20?,23-21?,24-18?. The van der Waals surface area contributed by atoms with Gasteiger partial charge in [0.25, 0.3) is 0 Å². The number of nitriles is 3. The molecule has 9 nitrogen and oxygen atoms in total. The first-order valence-electron chi connectivity index (χ1n) is 10.3. The predicted octanol–water partition coefficient (Wildman–Crippen LogP) is 3.64. The van der Waals surface area contributed by atoms with E-state index in [2.05, 4.69) is 0 Å². The molecule has 2 aliphatic rings. The summed E-state index contributed by atoms with van der Waals surface area (Å²) in [5, 5.41) is 58.2. The van der Waals surface area contributed by atoms with Crippen LogP contribution < -0.4 is 0 Å². The summed E-state index contributed by atoms with van der Waals surface area (Å²) in [4.78, 5) is 36.0. The molecule has 0 heterocycles. The van der Waals surface area contributed by atoms with E-state index in [1.54, 1.807) is 54.6 Å². The van der Waals surface area contributed by atoms with Crippen LogP contribution >= 0.6 is 0 Å². The molecule has 0 fully saturated rings. The van der Waals surface area contributed by atoms with Gasteiger partial charge in [-0.3, -0.25) is 0 Å². The molecule has 36 heavy (non-hydrogen) atoms. The second kappa shape index (κ2) is 8.90. The summed E-state index contributed by atoms with van der Waals surface area (Å²) in [5.74, 6) is -4.57. The molecule has 0 radical (unpaired) electrons. The number of rotatable bonds is 3. The minimum Gasteiger partial charge on any atom is -0.477 e. The SMILES string of the molecule is N#CC(C(=O)O)=C1C(=C2C/C(=C(/C#N)C(=O)O)c3ccccc32)C(=C(C#N)C(=O)O)c2ccccc21. The third-order valence-electron chi connectivity index (χ3n) is 5.98. The van der Waals surface area contributed by atoms with Crippen LogP contribution in [0.2, 0.25) is 0 Å². The number of fused-ring (bicyclic) bond motifs is 2. The average molecular weight is 475 g/mol. The highest BCUT2D eigenvalue weighted by molar-refractivity contribution is 6.24. The highest BCUT2D eigenvalue weighted by Crippen LogP contribution is 2.55. The van der Waals surface area contributed by atoms with Crippen LogP contribution in [0.15, 0.2) is 70.8 Å². The topological polar surface area (TPSA) is 183 Å². The Balaban J connectivity index is 2.30. The van der Waals surface area contributed by atoms with Crippen LogP contribution in [0.5, 0.6) is 0 Å². The molecule has 9 heteroatoms. The van der Waals surface area contributed by atoms with Crippen LogP contribution in [0.1, 0.15) is 28.7 Å². The molecule has 0 bridgehead atoms. The summed E-state index contributed by atoms with van der Waals surface area (Å²) >= 11 is 0. The zero-order chi connectivity index (χ0) is 26.1. The van der Waals surface area contributed by atoms with E-state index in [9.17, 15) is 45.5 Å². The van der Waals surface area contributed by atoms with Crippen molar-refractivity contribution >= 4 is 40.2 Å². The Labute approximate surface area is 203 Å². The van der Waals surface area contributed by atoms with Gasteiger partial charge < -0.3 is 15.3 Å². The van der Waals surface area contributed by atoms with Crippen molar-refractivity contribution < 1.29 is 29.7 Å². The Morgan fingerprint density at radius 2 is 1.00 bits per heavy atom. The quantitative estimate of drug-likeness (QED) is 0.440. The first kappa shape index (κ1) is 23.4. The fourth-order valence-corrected chi connectivity index (χ4v) is 4.62. The number of aliphatic carboxylic acids is 3. The lowest BCUT2D eigenvalue weighted by molar-refractivity contribution is -0.133. The Bertz CT molecular complexity index is 1590. The highest BCUT2D eigenvalue weighted by atomic mass is 16.4. The van der Waals surface area contributed by atoms with Gasteiger partial charge in [0.1, 0.15) is 34.9 Å². The minimum absolute atomic E-state index is 0.0271. The molecule has 0 amide bonds. The fraction of sp³-hybridized carbons (Fsp3) is 0.0370. The number of nitrogens with zero attached hydrogens (tertiary/aromatic N) is 3. The molecule has 0 aliphatic heterocycles. The van der Waals surface area contributed by atoms with E-state index in [0.29, 0.717) is 16.7 Å². The van der Waals surface area contributed by atoms with Crippen molar-refractivity contribution in [3.63, 3.8) is 0 Å². The smallest absolute Gasteiger partial charge is 0.347 e. The van der Waals surface area contributed by atoms with E-state index in [-0.39, 0.29) is 39.8 Å². The number of carboxylic acids is 3. The van der Waals surface area contributed by atoms with Crippen molar-refractivity contribution in [3.8, 4) is 18.2 Å². The van der Waals surface area contributed by atoms with E-state index in [1.807, 2.05) is 0 Å². The molecule has 0 saturated heterocycles. The average Bonchev–Trinajstić information content (AvgIpc) is 3.37. The largest absolute Gasteiger partial charge is 0.477 e. The Hall–Kier alpha value is -5.72. The van der Waals surface area contributed by atoms with E-state index < -0.39 is 34.6 Å². The van der Waals surface area contributed by atoms with Crippen molar-refractivity contribution in [2.24, 2.45) is 0 Å². The van der Waals surface area contributed by atoms with E-state index in [4.69, 9.17) is 0 Å². The Morgan fingerprint density at radius 1 is 0.611 bits per heavy atom. The molecule has 0 aromatic heterocycles. The predicted molar refractivity (Wildman–Crippen MR) is 125 cm³/mol. The molecule has 0 saturated carbocycles. The van der Waals surface area contributed by atoms with Crippen molar-refractivity contribution in [2.75, 3.05) is 0 Å². The molecule has 3 N–H and O–H groups in total. The zero-order valence-electron chi connectivity index (χ0n) is 18.2. The number of hydrogen-bond acceptors (Lipinski definition) is 6. The number of allylic oxidation sites excluding steroid dienone is 5. The summed E-state index contributed by atoms with van der Waals surface area (Å²) in [6, 6.07) is 17.7. The molecule has 0 atom stereocenters. The van der Waals surface area contributed by atoms with Crippen LogP contribution in [0.4, 0.5) is 0 Å². The van der Waals surface area contributed by atoms with Gasteiger partial charge in [-0.25, -0.2) is 14.4 Å². The van der Waals surface area contributed by atoms with Crippen molar-refractivity contribution in [2.45, 2.75) is 6.42 Å². The van der Waals surface area contributed by atoms with E-state index >= 15 is 0 Å². The molecular weight excluding hydrogens is 462 g/mol. The van der Waals surface area contributed by atoms with Crippen LogP contribution in [0, 0.1) is 34.0 Å². The third-order valence-corrected chi connectivity index (χ3v) is 5.98. The Kier molecular flexibility index (Phi) is 5.80. The normalized spacial score (nSPS) is 17.7. The molecular formula is C27H13N3O6. The van der Waals surface area contributed by atoms with E-state index in [0.717, 1.165) is 0 Å². The van der Waals surface area contributed by atoms with Gasteiger partial charge in [0.05, 0.1) is 0 Å². The molecule has 2 aliphatic carbocycles. The Morgan fingerprint density at radius 3 is 1.39 bits per heavy atom. The summed E-state index contributed by atoms with van der Waals surface area (Å²) in [6.07, 6.45) is -0.165. The number of carboxylic acid groups (broad SMARTS) is 3. The van der Waals surface area contributed by atoms with Gasteiger partial charge in [-0.1, -0.05) is 48.5 Å². The molecule has 2 aromatic carbocycles. The van der Waals surface area contributed by atoms with Crippen molar-refractivity contribution in [3.05, 3.63) is 93.1 Å². The summed E-state index contributed by atoms with van der Waals surface area (Å²) in [7, 11) is 0. The molecule has 172 valence electrons. The maximum absolute atomic E-state index is 12.1. The third kappa shape index (κ3) is 3.43. The molecule has 0 unspecified atom stereocenters. The number of carbonyl (C=O) groups is 3. The summed E-state index contributed by atoms with van der Waals surface area (Å²) < 4.78 is 0. The van der Waals surface area contributed by atoms with Crippen molar-refractivity contribution in [1.29, 1.82) is 15.8 Å². The van der Waals surface area contributed by atoms with Crippen LogP contribution in [0.3, 0.4) is 0 Å². The lowest BCUT2D eigenvalue weighted by Crippen LogP contribution is -2.05.